The van der Waals surface area contributed by atoms with E-state index in [2.05, 4.69) is 33.8 Å². The number of hydrogen-bond donors (Lipinski definition) is 2. The summed E-state index contributed by atoms with van der Waals surface area (Å²) in [5, 5.41) is 9.26. The van der Waals surface area contributed by atoms with Crippen LogP contribution in [-0.2, 0) is 7.05 Å². The molecule has 120 valence electrons. The van der Waals surface area contributed by atoms with Crippen LogP contribution in [0.5, 0.6) is 0 Å². The Bertz CT molecular complexity index is 887. The minimum Gasteiger partial charge on any atom is -0.399 e. The lowest BCUT2D eigenvalue weighted by atomic mass is 10.2. The van der Waals surface area contributed by atoms with Gasteiger partial charge in [-0.2, -0.15) is 5.10 Å². The van der Waals surface area contributed by atoms with Crippen molar-refractivity contribution >= 4 is 27.5 Å². The van der Waals surface area contributed by atoms with Gasteiger partial charge in [-0.25, -0.2) is 0 Å². The number of nitrogens with one attached hydrogen (secondary N) is 1. The molecule has 0 saturated carbocycles. The fourth-order valence-electron chi connectivity index (χ4n) is 2.42. The summed E-state index contributed by atoms with van der Waals surface area (Å²) in [7, 11) is 2.03. The minimum atomic E-state index is 0.823. The molecule has 0 bridgehead atoms. The van der Waals surface area contributed by atoms with Gasteiger partial charge in [0.15, 0.2) is 0 Å². The Kier molecular flexibility index (Phi) is 5.41. The molecule has 0 aliphatic heterocycles. The fraction of sp³-hybridized carbons (Fsp3) is 0.211. The van der Waals surface area contributed by atoms with Crippen LogP contribution < -0.4 is 5.73 Å². The van der Waals surface area contributed by atoms with E-state index in [-0.39, 0.29) is 0 Å². The molecule has 0 aliphatic carbocycles. The first-order valence-corrected chi connectivity index (χ1v) is 7.84. The number of nitrogens with zero attached hydrogens (tertiary/aromatic N) is 2. The van der Waals surface area contributed by atoms with E-state index in [1.54, 1.807) is 0 Å². The van der Waals surface area contributed by atoms with E-state index < -0.39 is 0 Å². The zero-order chi connectivity index (χ0) is 16.8. The van der Waals surface area contributed by atoms with E-state index in [1.807, 2.05) is 63.6 Å². The average molecular weight is 308 g/mol. The number of rotatable bonds is 0. The molecule has 4 aromatic rings. The summed E-state index contributed by atoms with van der Waals surface area (Å²) < 4.78 is 2.08. The quantitative estimate of drug-likeness (QED) is 0.464. The summed E-state index contributed by atoms with van der Waals surface area (Å²) in [5.41, 5.74) is 10.1. The van der Waals surface area contributed by atoms with E-state index in [4.69, 9.17) is 5.73 Å². The third-order valence-corrected chi connectivity index (χ3v) is 3.59. The molecule has 2 aromatic carbocycles. The van der Waals surface area contributed by atoms with Gasteiger partial charge in [-0.05, 0) is 36.8 Å². The highest BCUT2D eigenvalue weighted by atomic mass is 15.1. The van der Waals surface area contributed by atoms with Gasteiger partial charge in [0, 0.05) is 35.2 Å². The molecule has 0 saturated heterocycles. The summed E-state index contributed by atoms with van der Waals surface area (Å²) >= 11 is 0. The molecular weight excluding hydrogens is 284 g/mol. The number of aromatic nitrogens is 3. The number of aryl methyl sites for hydroxylation is 2. The zero-order valence-corrected chi connectivity index (χ0v) is 14.2. The van der Waals surface area contributed by atoms with Crippen molar-refractivity contribution < 1.29 is 0 Å². The van der Waals surface area contributed by atoms with E-state index in [1.165, 1.54) is 21.9 Å². The molecule has 0 atom stereocenters. The van der Waals surface area contributed by atoms with Crippen LogP contribution in [0, 0.1) is 6.92 Å². The molecule has 0 spiro atoms. The predicted octanol–water partition coefficient (Wildman–Crippen LogP) is 4.66. The molecule has 0 unspecified atom stereocenters. The third-order valence-electron chi connectivity index (χ3n) is 3.59. The molecule has 4 nitrogen and oxygen atoms in total. The van der Waals surface area contributed by atoms with Gasteiger partial charge in [0.05, 0.1) is 11.7 Å². The number of para-hydroxylation sites is 1. The van der Waals surface area contributed by atoms with E-state index >= 15 is 0 Å². The Morgan fingerprint density at radius 2 is 1.83 bits per heavy atom. The van der Waals surface area contributed by atoms with Crippen LogP contribution in [-0.4, -0.2) is 14.8 Å². The molecular formula is C19H24N4. The van der Waals surface area contributed by atoms with Crippen molar-refractivity contribution in [3.63, 3.8) is 0 Å². The number of hydrogen-bond acceptors (Lipinski definition) is 2. The van der Waals surface area contributed by atoms with Crippen molar-refractivity contribution in [3.05, 3.63) is 60.4 Å². The zero-order valence-electron chi connectivity index (χ0n) is 14.2. The Morgan fingerprint density at radius 1 is 1.04 bits per heavy atom. The van der Waals surface area contributed by atoms with Gasteiger partial charge >= 0.3 is 0 Å². The van der Waals surface area contributed by atoms with Crippen molar-refractivity contribution in [1.29, 1.82) is 0 Å². The van der Waals surface area contributed by atoms with Crippen LogP contribution in [0.1, 0.15) is 19.4 Å². The van der Waals surface area contributed by atoms with E-state index in [9.17, 15) is 0 Å². The second kappa shape index (κ2) is 7.49. The monoisotopic (exact) mass is 308 g/mol. The summed E-state index contributed by atoms with van der Waals surface area (Å²) in [6, 6.07) is 14.1. The van der Waals surface area contributed by atoms with Crippen molar-refractivity contribution in [1.82, 2.24) is 14.8 Å². The van der Waals surface area contributed by atoms with Gasteiger partial charge in [0.1, 0.15) is 0 Å². The number of aromatic amines is 1. The summed E-state index contributed by atoms with van der Waals surface area (Å²) in [4.78, 5) is 0. The molecule has 2 aromatic heterocycles. The third kappa shape index (κ3) is 3.72. The largest absolute Gasteiger partial charge is 0.399 e. The highest BCUT2D eigenvalue weighted by Gasteiger charge is 1.96. The van der Waals surface area contributed by atoms with Gasteiger partial charge in [0.2, 0.25) is 0 Å². The first-order chi connectivity index (χ1) is 11.1. The van der Waals surface area contributed by atoms with Crippen LogP contribution in [0.3, 0.4) is 0 Å². The van der Waals surface area contributed by atoms with Crippen LogP contribution in [0.15, 0.2) is 54.9 Å². The Balaban J connectivity index is 0.000000152. The van der Waals surface area contributed by atoms with E-state index in [0.717, 1.165) is 11.2 Å². The van der Waals surface area contributed by atoms with Crippen molar-refractivity contribution in [2.75, 3.05) is 5.73 Å². The molecule has 0 radical (unpaired) electrons. The number of fused-ring (bicyclic) bond motifs is 2. The predicted molar refractivity (Wildman–Crippen MR) is 99.5 cm³/mol. The molecule has 3 N–H and O–H groups in total. The lowest BCUT2D eigenvalue weighted by molar-refractivity contribution is 0.969. The molecule has 23 heavy (non-hydrogen) atoms. The summed E-state index contributed by atoms with van der Waals surface area (Å²) in [5.74, 6) is 0. The van der Waals surface area contributed by atoms with Gasteiger partial charge in [-0.1, -0.05) is 32.0 Å². The van der Waals surface area contributed by atoms with Gasteiger partial charge in [0.25, 0.3) is 0 Å². The van der Waals surface area contributed by atoms with Gasteiger partial charge in [-0.15, -0.1) is 0 Å². The maximum atomic E-state index is 5.62. The molecule has 4 heteroatoms. The van der Waals surface area contributed by atoms with Crippen LogP contribution in [0.4, 0.5) is 5.69 Å². The molecule has 4 rings (SSSR count). The average Bonchev–Trinajstić information content (AvgIpc) is 3.18. The lowest BCUT2D eigenvalue weighted by Crippen LogP contribution is -1.85. The smallest absolute Gasteiger partial charge is 0.0679 e. The molecule has 0 aliphatic rings. The van der Waals surface area contributed by atoms with Crippen LogP contribution in [0.25, 0.3) is 21.8 Å². The second-order valence-corrected chi connectivity index (χ2v) is 5.15. The van der Waals surface area contributed by atoms with Gasteiger partial charge < -0.3 is 10.3 Å². The van der Waals surface area contributed by atoms with E-state index in [0.29, 0.717) is 0 Å². The standard InChI is InChI=1S/C9H10N2.C8H8N2.C2H6/c1-11-5-4-7-6-8(10)2-3-9(7)11;1-6-3-2-4-7-5-9-10-8(6)7;1-2/h2-6H,10H2,1H3;2-5H,1H3,(H,9,10);1-2H3. The maximum Gasteiger partial charge on any atom is 0.0679 e. The Labute approximate surface area is 136 Å². The van der Waals surface area contributed by atoms with Crippen molar-refractivity contribution in [2.45, 2.75) is 20.8 Å². The molecule has 0 amide bonds. The van der Waals surface area contributed by atoms with Crippen molar-refractivity contribution in [2.24, 2.45) is 7.05 Å². The Morgan fingerprint density at radius 3 is 2.57 bits per heavy atom. The Hall–Kier alpha value is -2.75. The molecule has 0 fully saturated rings. The minimum absolute atomic E-state index is 0.823. The maximum absolute atomic E-state index is 5.62. The van der Waals surface area contributed by atoms with Crippen molar-refractivity contribution in [3.8, 4) is 0 Å². The highest BCUT2D eigenvalue weighted by Crippen LogP contribution is 2.17. The molecule has 2 heterocycles. The first-order valence-electron chi connectivity index (χ1n) is 7.84. The number of H-pyrrole nitrogens is 1. The fourth-order valence-corrected chi connectivity index (χ4v) is 2.42. The lowest BCUT2D eigenvalue weighted by Gasteiger charge is -1.95. The number of anilines is 1. The summed E-state index contributed by atoms with van der Waals surface area (Å²) in [6.07, 6.45) is 3.87. The summed E-state index contributed by atoms with van der Waals surface area (Å²) in [6.45, 7) is 6.07. The number of benzene rings is 2. The van der Waals surface area contributed by atoms with Crippen LogP contribution >= 0.6 is 0 Å². The normalized spacial score (nSPS) is 9.91. The SMILES string of the molecule is CC.Cc1cccc2cn[nH]c12.Cn1ccc2cc(N)ccc21. The highest BCUT2D eigenvalue weighted by molar-refractivity contribution is 5.83. The topological polar surface area (TPSA) is 59.6 Å². The number of nitrogen functional groups attached to an aromatic ring is 1. The first kappa shape index (κ1) is 16.6. The van der Waals surface area contributed by atoms with Gasteiger partial charge in [-0.3, -0.25) is 5.10 Å². The van der Waals surface area contributed by atoms with Crippen LogP contribution in [0.2, 0.25) is 0 Å². The second-order valence-electron chi connectivity index (χ2n) is 5.15. The number of nitrogens with two attached hydrogens (primary N) is 1.